The molecule has 1 fully saturated rings. The molecule has 15 nitrogen and oxygen atoms in total. The number of likely N-dealkylation sites (N-methyl/N-ethyl adjacent to an activating group) is 2. The molecule has 9 atom stereocenters. The van der Waals surface area contributed by atoms with Crippen LogP contribution in [0.5, 0.6) is 0 Å². The second-order valence-electron chi connectivity index (χ2n) is 16.7. The van der Waals surface area contributed by atoms with E-state index in [9.17, 15) is 24.0 Å². The number of esters is 1. The number of nitrogens with zero attached hydrogens (tertiary/aromatic N) is 3. The zero-order valence-electron chi connectivity index (χ0n) is 37.9. The van der Waals surface area contributed by atoms with Crippen LogP contribution in [0.1, 0.15) is 79.7 Å². The average molecular weight is 833 g/mol. The molecule has 0 spiro atoms. The van der Waals surface area contributed by atoms with E-state index in [0.717, 1.165) is 12.0 Å². The van der Waals surface area contributed by atoms with Crippen LogP contribution in [0.2, 0.25) is 0 Å². The highest BCUT2D eigenvalue weighted by molar-refractivity contribution is 5.90. The first-order valence-electron chi connectivity index (χ1n) is 21.3. The molecule has 1 saturated heterocycles. The van der Waals surface area contributed by atoms with Crippen LogP contribution in [-0.4, -0.2) is 155 Å². The third-order valence-electron chi connectivity index (χ3n) is 11.8. The summed E-state index contributed by atoms with van der Waals surface area (Å²) in [6, 6.07) is 6.26. The molecular formula is C44H76N6O9. The van der Waals surface area contributed by atoms with Gasteiger partial charge in [-0.25, -0.2) is 4.79 Å². The smallest absolute Gasteiger partial charge is 0.328 e. The standard InChI is InChI=1S/C44H76N6O9/c1-13-30(6)39(49(9)43(54)37(28(2)3)47-42(53)38(29(4)5)48(8)23-25-59-24-21-45)35(56-10)27-36(51)50-22-17-20-34(50)40(57-11)31(7)41(52)46-33(44(55)58-12)26-32-18-15-14-16-19-32/h14-16,18-19,28-31,33-35,37-40H,13,17,20-27,45H2,1-12H3,(H,46,52)(H,47,53). The SMILES string of the molecule is CCC(C)C(C(CC(=O)N1CCCC1C(OC)C(C)C(=O)NC(Cc1ccccc1)C(=O)OC)OC)N(C)C(=O)C(NC(=O)C(C(C)C)N(C)CCOCCN)C(C)C. The highest BCUT2D eigenvalue weighted by Crippen LogP contribution is 2.30. The van der Waals surface area contributed by atoms with Crippen molar-refractivity contribution in [2.75, 3.05) is 68.3 Å². The Balaban J connectivity index is 2.27. The number of carbonyl (C=O) groups excluding carboxylic acids is 5. The van der Waals surface area contributed by atoms with Crippen molar-refractivity contribution < 1.29 is 42.9 Å². The zero-order valence-corrected chi connectivity index (χ0v) is 37.9. The summed E-state index contributed by atoms with van der Waals surface area (Å²) in [6.45, 7) is 15.8. The summed E-state index contributed by atoms with van der Waals surface area (Å²) < 4.78 is 22.6. The maximum absolute atomic E-state index is 14.4. The van der Waals surface area contributed by atoms with E-state index < -0.39 is 54.3 Å². The molecule has 0 radical (unpaired) electrons. The lowest BCUT2D eigenvalue weighted by Gasteiger charge is -2.41. The van der Waals surface area contributed by atoms with E-state index in [1.165, 1.54) is 14.2 Å². The van der Waals surface area contributed by atoms with E-state index >= 15 is 0 Å². The number of hydrogen-bond acceptors (Lipinski definition) is 11. The number of nitrogens with one attached hydrogen (secondary N) is 2. The molecule has 4 amide bonds. The van der Waals surface area contributed by atoms with Gasteiger partial charge in [-0.3, -0.25) is 24.1 Å². The highest BCUT2D eigenvalue weighted by Gasteiger charge is 2.43. The lowest BCUT2D eigenvalue weighted by atomic mass is 9.89. The number of benzene rings is 1. The summed E-state index contributed by atoms with van der Waals surface area (Å²) in [6.07, 6.45) is 0.981. The van der Waals surface area contributed by atoms with Gasteiger partial charge in [-0.1, -0.05) is 85.2 Å². The van der Waals surface area contributed by atoms with Crippen LogP contribution in [0.25, 0.3) is 0 Å². The molecule has 336 valence electrons. The number of likely N-dealkylation sites (tertiary alicyclic amines) is 1. The Bertz CT molecular complexity index is 1450. The van der Waals surface area contributed by atoms with Crippen molar-refractivity contribution in [2.24, 2.45) is 29.4 Å². The predicted octanol–water partition coefficient (Wildman–Crippen LogP) is 2.88. The van der Waals surface area contributed by atoms with E-state index in [1.54, 1.807) is 30.9 Å². The molecule has 0 aliphatic carbocycles. The second kappa shape index (κ2) is 25.9. The van der Waals surface area contributed by atoms with Crippen molar-refractivity contribution >= 4 is 29.6 Å². The van der Waals surface area contributed by atoms with Gasteiger partial charge in [0.2, 0.25) is 23.6 Å². The molecule has 1 aliphatic rings. The van der Waals surface area contributed by atoms with Crippen LogP contribution in [0.4, 0.5) is 0 Å². The molecule has 1 aromatic rings. The van der Waals surface area contributed by atoms with Crippen LogP contribution >= 0.6 is 0 Å². The lowest BCUT2D eigenvalue weighted by molar-refractivity contribution is -0.149. The highest BCUT2D eigenvalue weighted by atomic mass is 16.5. The summed E-state index contributed by atoms with van der Waals surface area (Å²) in [5.74, 6) is -2.65. The van der Waals surface area contributed by atoms with Gasteiger partial charge < -0.3 is 45.1 Å². The Labute approximate surface area is 353 Å². The fourth-order valence-electron chi connectivity index (χ4n) is 8.31. The largest absolute Gasteiger partial charge is 0.467 e. The van der Waals surface area contributed by atoms with E-state index in [4.69, 9.17) is 24.7 Å². The minimum absolute atomic E-state index is 0.0106. The Morgan fingerprint density at radius 3 is 2.10 bits per heavy atom. The van der Waals surface area contributed by atoms with E-state index in [0.29, 0.717) is 45.7 Å². The van der Waals surface area contributed by atoms with Crippen LogP contribution < -0.4 is 16.4 Å². The second-order valence-corrected chi connectivity index (χ2v) is 16.7. The van der Waals surface area contributed by atoms with Crippen molar-refractivity contribution in [2.45, 2.75) is 123 Å². The van der Waals surface area contributed by atoms with Gasteiger partial charge in [-0.2, -0.15) is 0 Å². The lowest BCUT2D eigenvalue weighted by Crippen LogP contribution is -2.60. The van der Waals surface area contributed by atoms with Gasteiger partial charge in [0.05, 0.1) is 63.0 Å². The predicted molar refractivity (Wildman–Crippen MR) is 228 cm³/mol. The maximum atomic E-state index is 14.4. The molecule has 4 N–H and O–H groups in total. The summed E-state index contributed by atoms with van der Waals surface area (Å²) in [5, 5.41) is 5.93. The van der Waals surface area contributed by atoms with Gasteiger partial charge in [-0.05, 0) is 43.2 Å². The first-order chi connectivity index (χ1) is 28.0. The number of rotatable bonds is 26. The van der Waals surface area contributed by atoms with Crippen molar-refractivity contribution in [1.29, 1.82) is 0 Å². The number of hydrogen-bond donors (Lipinski definition) is 3. The van der Waals surface area contributed by atoms with Crippen LogP contribution in [0.3, 0.4) is 0 Å². The Kier molecular flexibility index (Phi) is 22.6. The molecule has 1 aromatic carbocycles. The van der Waals surface area contributed by atoms with Gasteiger partial charge in [0, 0.05) is 47.3 Å². The molecule has 0 aromatic heterocycles. The molecule has 0 saturated carbocycles. The third-order valence-corrected chi connectivity index (χ3v) is 11.8. The average Bonchev–Trinajstić information content (AvgIpc) is 3.70. The summed E-state index contributed by atoms with van der Waals surface area (Å²) in [5.41, 5.74) is 6.42. The molecule has 9 unspecified atom stereocenters. The van der Waals surface area contributed by atoms with Crippen molar-refractivity contribution in [1.82, 2.24) is 25.3 Å². The molecule has 1 heterocycles. The van der Waals surface area contributed by atoms with Crippen molar-refractivity contribution in [3.63, 3.8) is 0 Å². The molecular weight excluding hydrogens is 757 g/mol. The fourth-order valence-corrected chi connectivity index (χ4v) is 8.31. The minimum atomic E-state index is -0.899. The summed E-state index contributed by atoms with van der Waals surface area (Å²) in [4.78, 5) is 74.4. The van der Waals surface area contributed by atoms with Crippen LogP contribution in [0.15, 0.2) is 30.3 Å². The zero-order chi connectivity index (χ0) is 44.4. The van der Waals surface area contributed by atoms with Gasteiger partial charge in [0.1, 0.15) is 12.1 Å². The molecule has 2 rings (SSSR count). The first kappa shape index (κ1) is 51.5. The van der Waals surface area contributed by atoms with Crippen LogP contribution in [-0.2, 0) is 49.3 Å². The van der Waals surface area contributed by atoms with Gasteiger partial charge in [0.25, 0.3) is 0 Å². The van der Waals surface area contributed by atoms with E-state index in [1.807, 2.05) is 83.8 Å². The summed E-state index contributed by atoms with van der Waals surface area (Å²) in [7, 11) is 7.95. The summed E-state index contributed by atoms with van der Waals surface area (Å²) >= 11 is 0. The number of amides is 4. The number of carbonyl (C=O) groups is 5. The van der Waals surface area contributed by atoms with Gasteiger partial charge in [0.15, 0.2) is 0 Å². The topological polar surface area (TPSA) is 182 Å². The third kappa shape index (κ3) is 14.8. The fraction of sp³-hybridized carbons (Fsp3) is 0.750. The molecule has 1 aliphatic heterocycles. The van der Waals surface area contributed by atoms with Gasteiger partial charge >= 0.3 is 5.97 Å². The van der Waals surface area contributed by atoms with Crippen molar-refractivity contribution in [3.05, 3.63) is 35.9 Å². The first-order valence-corrected chi connectivity index (χ1v) is 21.3. The van der Waals surface area contributed by atoms with Crippen molar-refractivity contribution in [3.8, 4) is 0 Å². The molecule has 59 heavy (non-hydrogen) atoms. The Morgan fingerprint density at radius 1 is 0.898 bits per heavy atom. The maximum Gasteiger partial charge on any atom is 0.328 e. The minimum Gasteiger partial charge on any atom is -0.467 e. The monoisotopic (exact) mass is 833 g/mol. The van der Waals surface area contributed by atoms with Gasteiger partial charge in [-0.15, -0.1) is 0 Å². The Morgan fingerprint density at radius 2 is 1.56 bits per heavy atom. The van der Waals surface area contributed by atoms with E-state index in [-0.39, 0.29) is 54.2 Å². The Hall–Kier alpha value is -3.63. The van der Waals surface area contributed by atoms with Crippen LogP contribution in [0, 0.1) is 23.7 Å². The number of ether oxygens (including phenoxy) is 4. The number of nitrogens with two attached hydrogens (primary N) is 1. The van der Waals surface area contributed by atoms with E-state index in [2.05, 4.69) is 10.6 Å². The number of methoxy groups -OCH3 is 3. The molecule has 15 heteroatoms. The molecule has 0 bridgehead atoms. The normalized spacial score (nSPS) is 18.4. The quantitative estimate of drug-likeness (QED) is 0.0923.